The highest BCUT2D eigenvalue weighted by Crippen LogP contribution is 2.38. The lowest BCUT2D eigenvalue weighted by Gasteiger charge is -2.31. The molecule has 1 aliphatic rings. The molecule has 0 aliphatic carbocycles. The van der Waals surface area contributed by atoms with Crippen molar-refractivity contribution in [3.05, 3.63) is 40.1 Å². The van der Waals surface area contributed by atoms with Crippen LogP contribution in [-0.4, -0.2) is 25.2 Å². The predicted molar refractivity (Wildman–Crippen MR) is 99.2 cm³/mol. The third-order valence-electron chi connectivity index (χ3n) is 4.60. The minimum absolute atomic E-state index is 0.0213. The summed E-state index contributed by atoms with van der Waals surface area (Å²) in [5, 5.41) is 8.91. The van der Waals surface area contributed by atoms with Gasteiger partial charge in [0.2, 0.25) is 0 Å². The van der Waals surface area contributed by atoms with Gasteiger partial charge in [-0.1, -0.05) is 13.0 Å². The Bertz CT molecular complexity index is 826. The van der Waals surface area contributed by atoms with E-state index in [4.69, 9.17) is 15.0 Å². The number of ether oxygens (including phenoxy) is 1. The first-order valence-electron chi connectivity index (χ1n) is 8.23. The van der Waals surface area contributed by atoms with Gasteiger partial charge in [0.25, 0.3) is 0 Å². The molecule has 0 atom stereocenters. The van der Waals surface area contributed by atoms with E-state index in [9.17, 15) is 4.39 Å². The van der Waals surface area contributed by atoms with E-state index in [2.05, 4.69) is 27.8 Å². The van der Waals surface area contributed by atoms with Crippen molar-refractivity contribution in [1.29, 1.82) is 5.26 Å². The summed E-state index contributed by atoms with van der Waals surface area (Å²) in [6, 6.07) is 8.26. The molecule has 2 aromatic rings. The summed E-state index contributed by atoms with van der Waals surface area (Å²) in [6.07, 6.45) is 2.25. The summed E-state index contributed by atoms with van der Waals surface area (Å²) in [5.41, 5.74) is 1.23. The second-order valence-corrected chi connectivity index (χ2v) is 7.11. The molecule has 2 heterocycles. The summed E-state index contributed by atoms with van der Waals surface area (Å²) in [7, 11) is 1.60. The van der Waals surface area contributed by atoms with Crippen LogP contribution in [0.1, 0.15) is 25.3 Å². The van der Waals surface area contributed by atoms with Crippen LogP contribution in [-0.2, 0) is 0 Å². The summed E-state index contributed by atoms with van der Waals surface area (Å²) in [5.74, 6) is 1.65. The number of methoxy groups -OCH3 is 1. The summed E-state index contributed by atoms with van der Waals surface area (Å²) >= 11 is 3.51. The van der Waals surface area contributed by atoms with Gasteiger partial charge in [0, 0.05) is 24.7 Å². The average molecular weight is 404 g/mol. The number of pyridine rings is 1. The van der Waals surface area contributed by atoms with E-state index in [1.807, 2.05) is 12.1 Å². The number of benzene rings is 1. The van der Waals surface area contributed by atoms with E-state index in [-0.39, 0.29) is 5.56 Å². The molecule has 0 amide bonds. The minimum Gasteiger partial charge on any atom is -0.495 e. The van der Waals surface area contributed by atoms with E-state index < -0.39 is 5.82 Å². The van der Waals surface area contributed by atoms with E-state index in [1.54, 1.807) is 13.2 Å². The van der Waals surface area contributed by atoms with Gasteiger partial charge in [-0.15, -0.1) is 0 Å². The Kier molecular flexibility index (Phi) is 5.24. The van der Waals surface area contributed by atoms with Gasteiger partial charge < -0.3 is 9.64 Å². The molecular formula is C19H19BrFN3O. The summed E-state index contributed by atoms with van der Waals surface area (Å²) in [4.78, 5) is 6.98. The molecule has 1 saturated heterocycles. The Morgan fingerprint density at radius 2 is 2.04 bits per heavy atom. The van der Waals surface area contributed by atoms with Gasteiger partial charge in [0.15, 0.2) is 0 Å². The first-order chi connectivity index (χ1) is 12.0. The zero-order chi connectivity index (χ0) is 18.0. The third-order valence-corrected chi connectivity index (χ3v) is 5.37. The number of anilines is 1. The van der Waals surface area contributed by atoms with Crippen molar-refractivity contribution in [2.24, 2.45) is 5.92 Å². The van der Waals surface area contributed by atoms with Crippen LogP contribution in [0.15, 0.2) is 28.7 Å². The molecule has 1 aliphatic heterocycles. The molecule has 0 saturated carbocycles. The Morgan fingerprint density at radius 1 is 1.32 bits per heavy atom. The van der Waals surface area contributed by atoms with Gasteiger partial charge >= 0.3 is 0 Å². The van der Waals surface area contributed by atoms with Crippen LogP contribution in [0.4, 0.5) is 10.2 Å². The van der Waals surface area contributed by atoms with E-state index >= 15 is 0 Å². The second-order valence-electron chi connectivity index (χ2n) is 6.32. The molecule has 1 fully saturated rings. The van der Waals surface area contributed by atoms with Crippen molar-refractivity contribution in [2.75, 3.05) is 25.1 Å². The molecule has 1 aromatic heterocycles. The molecule has 0 unspecified atom stereocenters. The number of hydrogen-bond acceptors (Lipinski definition) is 4. The fourth-order valence-electron chi connectivity index (χ4n) is 2.99. The molecule has 3 rings (SSSR count). The van der Waals surface area contributed by atoms with E-state index in [1.165, 1.54) is 12.1 Å². The van der Waals surface area contributed by atoms with Gasteiger partial charge in [-0.2, -0.15) is 5.26 Å². The minimum atomic E-state index is -0.551. The lowest BCUT2D eigenvalue weighted by Crippen LogP contribution is -2.33. The Morgan fingerprint density at radius 3 is 2.64 bits per heavy atom. The molecule has 1 aromatic carbocycles. The van der Waals surface area contributed by atoms with Gasteiger partial charge in [0.05, 0.1) is 22.8 Å². The van der Waals surface area contributed by atoms with Crippen molar-refractivity contribution in [1.82, 2.24) is 4.98 Å². The number of nitriles is 1. The standard InChI is InChI=1S/C19H19BrFN3O/c1-12-5-7-24(8-6-12)17-10-16(25-2)18(20)19(23-17)13-3-4-14(11-22)15(21)9-13/h3-4,9-10,12H,5-8H2,1-2H3. The normalized spacial score (nSPS) is 15.1. The van der Waals surface area contributed by atoms with Crippen LogP contribution in [0.25, 0.3) is 11.3 Å². The molecule has 130 valence electrons. The van der Waals surface area contributed by atoms with Crippen LogP contribution in [0.3, 0.4) is 0 Å². The van der Waals surface area contributed by atoms with Gasteiger partial charge in [-0.3, -0.25) is 0 Å². The average Bonchev–Trinajstić information content (AvgIpc) is 2.62. The smallest absolute Gasteiger partial charge is 0.141 e. The van der Waals surface area contributed by atoms with Crippen molar-refractivity contribution in [3.63, 3.8) is 0 Å². The zero-order valence-electron chi connectivity index (χ0n) is 14.2. The highest BCUT2D eigenvalue weighted by atomic mass is 79.9. The highest BCUT2D eigenvalue weighted by molar-refractivity contribution is 9.10. The van der Waals surface area contributed by atoms with Crippen molar-refractivity contribution >= 4 is 21.7 Å². The predicted octanol–water partition coefficient (Wildman–Crippen LogP) is 4.77. The summed E-state index contributed by atoms with van der Waals surface area (Å²) in [6.45, 7) is 4.15. The van der Waals surface area contributed by atoms with Crippen molar-refractivity contribution < 1.29 is 9.13 Å². The molecule has 4 nitrogen and oxygen atoms in total. The Balaban J connectivity index is 2.05. The van der Waals surface area contributed by atoms with Crippen LogP contribution < -0.4 is 9.64 Å². The number of rotatable bonds is 3. The van der Waals surface area contributed by atoms with Crippen LogP contribution in [0.2, 0.25) is 0 Å². The Hall–Kier alpha value is -2.13. The number of aromatic nitrogens is 1. The summed E-state index contributed by atoms with van der Waals surface area (Å²) < 4.78 is 20.2. The SMILES string of the molecule is COc1cc(N2CCC(C)CC2)nc(-c2ccc(C#N)c(F)c2)c1Br. The van der Waals surface area contributed by atoms with Gasteiger partial charge in [0.1, 0.15) is 23.5 Å². The van der Waals surface area contributed by atoms with Gasteiger partial charge in [-0.25, -0.2) is 9.37 Å². The molecular weight excluding hydrogens is 385 g/mol. The lowest BCUT2D eigenvalue weighted by atomic mass is 9.99. The largest absolute Gasteiger partial charge is 0.495 e. The number of halogens is 2. The van der Waals surface area contributed by atoms with Gasteiger partial charge in [-0.05, 0) is 46.8 Å². The number of piperidine rings is 1. The van der Waals surface area contributed by atoms with Crippen LogP contribution in [0, 0.1) is 23.1 Å². The molecule has 0 radical (unpaired) electrons. The monoisotopic (exact) mass is 403 g/mol. The molecule has 0 N–H and O–H groups in total. The third kappa shape index (κ3) is 3.62. The fourth-order valence-corrected chi connectivity index (χ4v) is 3.58. The van der Waals surface area contributed by atoms with E-state index in [0.29, 0.717) is 21.5 Å². The van der Waals surface area contributed by atoms with Crippen molar-refractivity contribution in [3.8, 4) is 23.1 Å². The van der Waals surface area contributed by atoms with Crippen LogP contribution in [0.5, 0.6) is 5.75 Å². The maximum Gasteiger partial charge on any atom is 0.141 e. The Labute approximate surface area is 155 Å². The number of hydrogen-bond donors (Lipinski definition) is 0. The van der Waals surface area contributed by atoms with Crippen LogP contribution >= 0.6 is 15.9 Å². The molecule has 0 spiro atoms. The maximum atomic E-state index is 14.0. The number of nitrogens with zero attached hydrogens (tertiary/aromatic N) is 3. The quantitative estimate of drug-likeness (QED) is 0.740. The first kappa shape index (κ1) is 17.7. The van der Waals surface area contributed by atoms with E-state index in [0.717, 1.165) is 37.7 Å². The first-order valence-corrected chi connectivity index (χ1v) is 9.02. The second kappa shape index (κ2) is 7.40. The fraction of sp³-hybridized carbons (Fsp3) is 0.368. The maximum absolute atomic E-state index is 14.0. The zero-order valence-corrected chi connectivity index (χ0v) is 15.8. The highest BCUT2D eigenvalue weighted by Gasteiger charge is 2.21. The molecule has 6 heteroatoms. The molecule has 0 bridgehead atoms. The molecule has 25 heavy (non-hydrogen) atoms. The van der Waals surface area contributed by atoms with Crippen molar-refractivity contribution in [2.45, 2.75) is 19.8 Å². The topological polar surface area (TPSA) is 49.1 Å². The lowest BCUT2D eigenvalue weighted by molar-refractivity contribution is 0.410.